The lowest BCUT2D eigenvalue weighted by Crippen LogP contribution is -2.57. The third kappa shape index (κ3) is 4.55. The normalized spacial score (nSPS) is 18.0. The number of nitrogens with zero attached hydrogens (tertiary/aromatic N) is 3. The zero-order valence-electron chi connectivity index (χ0n) is 22.4. The van der Waals surface area contributed by atoms with Crippen LogP contribution in [0, 0.1) is 5.82 Å². The van der Waals surface area contributed by atoms with Gasteiger partial charge in [-0.2, -0.15) is 0 Å². The first-order chi connectivity index (χ1) is 19.2. The predicted octanol–water partition coefficient (Wildman–Crippen LogP) is 1.65. The van der Waals surface area contributed by atoms with Crippen LogP contribution in [0.3, 0.4) is 0 Å². The van der Waals surface area contributed by atoms with Crippen LogP contribution in [0.4, 0.5) is 10.2 Å². The van der Waals surface area contributed by atoms with Gasteiger partial charge in [0.2, 0.25) is 6.41 Å². The van der Waals surface area contributed by atoms with Gasteiger partial charge in [0.15, 0.2) is 28.5 Å². The van der Waals surface area contributed by atoms with Crippen molar-refractivity contribution in [1.82, 2.24) is 15.2 Å². The zero-order valence-corrected chi connectivity index (χ0v) is 22.4. The maximum absolute atomic E-state index is 14.9. The van der Waals surface area contributed by atoms with Crippen molar-refractivity contribution < 1.29 is 37.4 Å². The number of hydrogen-bond donors (Lipinski definition) is 2. The average Bonchev–Trinajstić information content (AvgIpc) is 3.54. The van der Waals surface area contributed by atoms with Crippen LogP contribution < -0.4 is 20.7 Å². The second kappa shape index (κ2) is 10.5. The molecule has 0 saturated carbocycles. The summed E-state index contributed by atoms with van der Waals surface area (Å²) in [7, 11) is 4.55. The summed E-state index contributed by atoms with van der Waals surface area (Å²) >= 11 is 0. The lowest BCUT2D eigenvalue weighted by molar-refractivity contribution is -0.216. The minimum Gasteiger partial charge on any atom is -0.494 e. The number of hydrogen-bond acceptors (Lipinski definition) is 10. The highest BCUT2D eigenvalue weighted by atomic mass is 19.1. The molecule has 5 rings (SSSR count). The van der Waals surface area contributed by atoms with Gasteiger partial charge in [-0.15, -0.1) is 0 Å². The van der Waals surface area contributed by atoms with Crippen molar-refractivity contribution >= 4 is 35.1 Å². The number of pyridine rings is 1. The van der Waals surface area contributed by atoms with E-state index in [0.29, 0.717) is 48.4 Å². The molecule has 1 fully saturated rings. The Labute approximate surface area is 229 Å². The van der Waals surface area contributed by atoms with Crippen molar-refractivity contribution in [2.24, 2.45) is 5.73 Å². The Kier molecular flexibility index (Phi) is 7.21. The van der Waals surface area contributed by atoms with Crippen molar-refractivity contribution in [3.63, 3.8) is 0 Å². The lowest BCUT2D eigenvalue weighted by atomic mass is 9.95. The Bertz CT molecular complexity index is 1460. The number of halogens is 1. The first-order valence-corrected chi connectivity index (χ1v) is 12.6. The van der Waals surface area contributed by atoms with Crippen molar-refractivity contribution in [3.05, 3.63) is 53.0 Å². The van der Waals surface area contributed by atoms with Crippen LogP contribution in [0.5, 0.6) is 5.75 Å². The number of nitrogens with two attached hydrogens (primary N) is 1. The number of nitrogens with one attached hydrogen (secondary N) is 1. The van der Waals surface area contributed by atoms with Gasteiger partial charge in [-0.25, -0.2) is 9.37 Å². The monoisotopic (exact) mass is 555 g/mol. The van der Waals surface area contributed by atoms with E-state index in [-0.39, 0.29) is 30.0 Å². The molecule has 0 spiro atoms. The Balaban J connectivity index is 1.44. The maximum atomic E-state index is 14.9. The summed E-state index contributed by atoms with van der Waals surface area (Å²) in [5, 5.41) is 2.06. The van der Waals surface area contributed by atoms with E-state index >= 15 is 0 Å². The first kappa shape index (κ1) is 27.5. The molecule has 2 aromatic heterocycles. The highest BCUT2D eigenvalue weighted by Crippen LogP contribution is 2.35. The molecule has 1 saturated heterocycles. The molecule has 3 amide bonds. The molecule has 1 aromatic carbocycles. The summed E-state index contributed by atoms with van der Waals surface area (Å²) in [6.07, 6.45) is 1.49. The number of carbonyl (C=O) groups is 3. The minimum absolute atomic E-state index is 0.00439. The summed E-state index contributed by atoms with van der Waals surface area (Å²) in [6, 6.07) is 8.03. The molecule has 4 heterocycles. The minimum atomic E-state index is -1.98. The Morgan fingerprint density at radius 3 is 2.60 bits per heavy atom. The van der Waals surface area contributed by atoms with Crippen LogP contribution in [-0.4, -0.2) is 74.9 Å². The quantitative estimate of drug-likeness (QED) is 0.295. The fourth-order valence-corrected chi connectivity index (χ4v) is 5.30. The van der Waals surface area contributed by atoms with Crippen molar-refractivity contribution in [2.45, 2.75) is 30.7 Å². The van der Waals surface area contributed by atoms with Crippen molar-refractivity contribution in [3.8, 4) is 5.75 Å². The number of piperidine rings is 1. The second-order valence-corrected chi connectivity index (χ2v) is 9.81. The van der Waals surface area contributed by atoms with E-state index in [4.69, 9.17) is 29.3 Å². The van der Waals surface area contributed by atoms with Gasteiger partial charge in [0.25, 0.3) is 11.8 Å². The van der Waals surface area contributed by atoms with Gasteiger partial charge in [-0.05, 0) is 23.8 Å². The van der Waals surface area contributed by atoms with Gasteiger partial charge in [0, 0.05) is 52.8 Å². The van der Waals surface area contributed by atoms with Gasteiger partial charge >= 0.3 is 0 Å². The third-order valence-electron chi connectivity index (χ3n) is 7.70. The van der Waals surface area contributed by atoms with Gasteiger partial charge in [0.05, 0.1) is 19.2 Å². The van der Waals surface area contributed by atoms with Gasteiger partial charge < -0.3 is 34.2 Å². The van der Waals surface area contributed by atoms with Crippen molar-refractivity contribution in [1.29, 1.82) is 0 Å². The number of benzene rings is 1. The highest BCUT2D eigenvalue weighted by molar-refractivity contribution is 6.00. The number of imide groups is 1. The predicted molar refractivity (Wildman–Crippen MR) is 140 cm³/mol. The molecule has 2 aliphatic rings. The Hall–Kier alpha value is -4.07. The molecule has 0 radical (unpaired) electrons. The van der Waals surface area contributed by atoms with E-state index in [1.165, 1.54) is 24.1 Å². The third-order valence-corrected chi connectivity index (χ3v) is 7.70. The molecule has 3 N–H and O–H groups in total. The van der Waals surface area contributed by atoms with E-state index in [2.05, 4.69) is 10.2 Å². The molecule has 0 bridgehead atoms. The van der Waals surface area contributed by atoms with Crippen molar-refractivity contribution in [2.75, 3.05) is 45.9 Å². The number of aromatic nitrogens is 1. The number of fused-ring (bicyclic) bond motifs is 2. The number of carbonyl (C=O) groups excluding carboxylic acids is 3. The van der Waals surface area contributed by atoms with E-state index < -0.39 is 35.5 Å². The smallest absolute Gasteiger partial charge is 0.257 e. The summed E-state index contributed by atoms with van der Waals surface area (Å²) < 4.78 is 36.9. The average molecular weight is 556 g/mol. The molecule has 3 aromatic rings. The van der Waals surface area contributed by atoms with E-state index in [9.17, 15) is 18.8 Å². The number of amides is 3. The topological polar surface area (TPSA) is 149 Å². The van der Waals surface area contributed by atoms with Gasteiger partial charge in [-0.3, -0.25) is 19.7 Å². The second-order valence-electron chi connectivity index (χ2n) is 9.81. The van der Waals surface area contributed by atoms with E-state index in [1.54, 1.807) is 32.4 Å². The summed E-state index contributed by atoms with van der Waals surface area (Å²) in [4.78, 5) is 45.4. The standard InChI is InChI=1S/C27H30FN5O7/c1-37-19-5-4-16-13-33(24(35)22(16)23(19)28)14-27(29,25(36)30-15-34)20-12-17-18(40-20)6-7-21(31-17)32-10-8-26(38-2,39-3)9-11-32/h4-7,12,15H,8-11,13-14,29H2,1-3H3,(H,30,34,36)/t27-/m0/s1. The number of ether oxygens (including phenoxy) is 3. The molecule has 0 aliphatic carbocycles. The highest BCUT2D eigenvalue weighted by Gasteiger charge is 2.45. The number of anilines is 1. The van der Waals surface area contributed by atoms with E-state index in [0.717, 1.165) is 0 Å². The molecule has 40 heavy (non-hydrogen) atoms. The fraction of sp³-hybridized carbons (Fsp3) is 0.407. The number of methoxy groups -OCH3 is 3. The lowest BCUT2D eigenvalue weighted by Gasteiger charge is -2.40. The van der Waals surface area contributed by atoms with Crippen LogP contribution in [0.25, 0.3) is 11.1 Å². The molecule has 2 aliphatic heterocycles. The van der Waals surface area contributed by atoms with Crippen LogP contribution in [0.15, 0.2) is 34.7 Å². The summed E-state index contributed by atoms with van der Waals surface area (Å²) in [5.41, 5.74) is 5.66. The van der Waals surface area contributed by atoms with Crippen LogP contribution in [0.2, 0.25) is 0 Å². The Morgan fingerprint density at radius 1 is 1.23 bits per heavy atom. The molecule has 212 valence electrons. The largest absolute Gasteiger partial charge is 0.494 e. The summed E-state index contributed by atoms with van der Waals surface area (Å²) in [5.74, 6) is -2.37. The van der Waals surface area contributed by atoms with Gasteiger partial charge in [0.1, 0.15) is 17.1 Å². The van der Waals surface area contributed by atoms with E-state index in [1.807, 2.05) is 0 Å². The van der Waals surface area contributed by atoms with Crippen LogP contribution in [0.1, 0.15) is 34.5 Å². The number of rotatable bonds is 9. The van der Waals surface area contributed by atoms with Crippen LogP contribution in [-0.2, 0) is 31.1 Å². The fourth-order valence-electron chi connectivity index (χ4n) is 5.30. The van der Waals surface area contributed by atoms with Crippen LogP contribution >= 0.6 is 0 Å². The zero-order chi connectivity index (χ0) is 28.7. The molecule has 12 nitrogen and oxygen atoms in total. The molecule has 1 atom stereocenters. The van der Waals surface area contributed by atoms with Gasteiger partial charge in [-0.1, -0.05) is 6.07 Å². The molecule has 0 unspecified atom stereocenters. The SMILES string of the molecule is COc1ccc2c(c1F)C(=O)N(C[C@@](N)(C(=O)NC=O)c1cc3nc(N4CCC(OC)(OC)CC4)ccc3o1)C2. The number of furan rings is 1. The molecular weight excluding hydrogens is 525 g/mol. The molecule has 13 heteroatoms. The summed E-state index contributed by atoms with van der Waals surface area (Å²) in [6.45, 7) is 0.903. The maximum Gasteiger partial charge on any atom is 0.257 e. The molecular formula is C27H30FN5O7. The Morgan fingerprint density at radius 2 is 1.95 bits per heavy atom. The first-order valence-electron chi connectivity index (χ1n) is 12.6.